The van der Waals surface area contributed by atoms with Crippen LogP contribution in [0, 0.1) is 41.4 Å². The van der Waals surface area contributed by atoms with Crippen LogP contribution in [0.3, 0.4) is 0 Å². The average Bonchev–Trinajstić information content (AvgIpc) is 3.67. The van der Waals surface area contributed by atoms with Crippen molar-refractivity contribution in [2.45, 2.75) is 119 Å². The lowest BCUT2D eigenvalue weighted by Crippen LogP contribution is -2.54. The summed E-state index contributed by atoms with van der Waals surface area (Å²) in [4.78, 5) is 3.54. The highest BCUT2D eigenvalue weighted by molar-refractivity contribution is 5.45. The number of phenols is 1. The molecular formula is C45H59N3O6. The normalized spacial score (nSPS) is 34.5. The van der Waals surface area contributed by atoms with Crippen LogP contribution in [0.2, 0.25) is 0 Å². The van der Waals surface area contributed by atoms with E-state index in [1.165, 1.54) is 0 Å². The molecule has 9 heteroatoms. The summed E-state index contributed by atoms with van der Waals surface area (Å²) in [7, 11) is 0. The molecule has 9 N–H and O–H groups in total. The Morgan fingerprint density at radius 2 is 1.76 bits per heavy atom. The minimum absolute atomic E-state index is 0.0774. The molecule has 1 aromatic carbocycles. The number of aromatic amines is 1. The van der Waals surface area contributed by atoms with Crippen LogP contribution in [0.1, 0.15) is 94.7 Å². The summed E-state index contributed by atoms with van der Waals surface area (Å²) in [6.07, 6.45) is 19.2. The fourth-order valence-corrected chi connectivity index (χ4v) is 10.1. The second kappa shape index (κ2) is 16.8. The zero-order valence-corrected chi connectivity index (χ0v) is 31.5. The number of ether oxygens (including phenoxy) is 1. The third-order valence-corrected chi connectivity index (χ3v) is 13.1. The van der Waals surface area contributed by atoms with Gasteiger partial charge in [0, 0.05) is 59.4 Å². The highest BCUT2D eigenvalue weighted by atomic mass is 16.5. The maximum Gasteiger partial charge on any atom is 0.161 e. The lowest BCUT2D eigenvalue weighted by molar-refractivity contribution is -0.0685. The summed E-state index contributed by atoms with van der Waals surface area (Å²) in [5, 5.41) is 60.2. The zero-order chi connectivity index (χ0) is 37.8. The molecule has 1 aromatic heterocycles. The van der Waals surface area contributed by atoms with E-state index in [4.69, 9.17) is 10.5 Å². The standard InChI is InChI=1S/C45H59N3O6/c1-2-28-9-4-5-10-35(50)41-29(13-12-28)14-15-30(25-37(41)52)31-16-18-34(49)38(26-31)54-44-33(17-19-36(51)43(44)53)42(32-20-24-48-40(46)27-32)45(21-6-3-7-22-45)39-11-8-23-47-39/h8,11,14-20,23,26-30,33,35-37,41-44,47-53H,2-7,9-10,21-22,24-25,46H2,1H3/t28-,29+,30+,33+,35-,36-,37+,41+,42-,43+,44-/m0/s1. The van der Waals surface area contributed by atoms with E-state index < -0.39 is 42.4 Å². The molecule has 0 spiro atoms. The lowest BCUT2D eigenvalue weighted by Gasteiger charge is -2.50. The molecule has 1 saturated carbocycles. The summed E-state index contributed by atoms with van der Waals surface area (Å²) >= 11 is 0. The maximum absolute atomic E-state index is 11.8. The SMILES string of the molecule is CC[C@@H]1C#C[C@@H]2C=C[C@@H](c3ccc(O)c(O[C@@H]4[C@H](O)[C@@H](O)C=C[C@@H]4[C@H](C4=CCNC(N)=C4)C4(c5ccc[nH]5)CCCCC4)c3)C[C@@H](O)[C@H]2[C@@H](O)CCCC1. The number of fused-ring (bicyclic) bond motifs is 1. The van der Waals surface area contributed by atoms with Crippen molar-refractivity contribution >= 4 is 0 Å². The van der Waals surface area contributed by atoms with Gasteiger partial charge in [-0.2, -0.15) is 0 Å². The highest BCUT2D eigenvalue weighted by Gasteiger charge is 2.52. The Kier molecular flexibility index (Phi) is 11.9. The minimum atomic E-state index is -1.27. The van der Waals surface area contributed by atoms with Gasteiger partial charge in [0.25, 0.3) is 0 Å². The average molecular weight is 738 g/mol. The third kappa shape index (κ3) is 7.90. The number of nitrogens with one attached hydrogen (secondary N) is 2. The molecule has 0 saturated heterocycles. The Labute approximate surface area is 320 Å². The van der Waals surface area contributed by atoms with Crippen molar-refractivity contribution in [3.8, 4) is 23.3 Å². The fourth-order valence-electron chi connectivity index (χ4n) is 10.1. The number of hydrogen-bond donors (Lipinski definition) is 8. The molecule has 0 unspecified atom stereocenters. The maximum atomic E-state index is 11.8. The molecule has 2 aromatic rings. The number of aliphatic hydroxyl groups excluding tert-OH is 4. The van der Waals surface area contributed by atoms with E-state index >= 15 is 0 Å². The largest absolute Gasteiger partial charge is 0.504 e. The van der Waals surface area contributed by atoms with Crippen molar-refractivity contribution in [3.05, 3.63) is 95.6 Å². The second-order valence-corrected chi connectivity index (χ2v) is 16.4. The summed E-state index contributed by atoms with van der Waals surface area (Å²) in [5.74, 6) is 6.44. The van der Waals surface area contributed by atoms with Gasteiger partial charge in [0.1, 0.15) is 18.3 Å². The van der Waals surface area contributed by atoms with Crippen molar-refractivity contribution in [2.75, 3.05) is 6.54 Å². The topological polar surface area (TPSA) is 164 Å². The molecular weight excluding hydrogens is 679 g/mol. The number of allylic oxidation sites excluding steroid dienone is 4. The van der Waals surface area contributed by atoms with E-state index in [2.05, 4.69) is 47.3 Å². The fraction of sp³-hybridized carbons (Fsp3) is 0.556. The number of benzene rings is 1. The van der Waals surface area contributed by atoms with Gasteiger partial charge in [0.2, 0.25) is 0 Å². The van der Waals surface area contributed by atoms with Crippen LogP contribution < -0.4 is 15.8 Å². The van der Waals surface area contributed by atoms with Gasteiger partial charge in [0.05, 0.1) is 18.0 Å². The Balaban J connectivity index is 1.24. The molecule has 7 rings (SSSR count). The van der Waals surface area contributed by atoms with E-state index in [9.17, 15) is 25.5 Å². The van der Waals surface area contributed by atoms with Gasteiger partial charge < -0.3 is 46.3 Å². The van der Waals surface area contributed by atoms with E-state index in [0.29, 0.717) is 31.1 Å². The van der Waals surface area contributed by atoms with Crippen molar-refractivity contribution in [2.24, 2.45) is 35.3 Å². The lowest BCUT2D eigenvalue weighted by atomic mass is 9.56. The molecule has 0 bridgehead atoms. The second-order valence-electron chi connectivity index (χ2n) is 16.4. The van der Waals surface area contributed by atoms with Crippen LogP contribution in [0.4, 0.5) is 0 Å². The first-order valence-corrected chi connectivity index (χ1v) is 20.3. The predicted octanol–water partition coefficient (Wildman–Crippen LogP) is 5.82. The number of aliphatic hydroxyl groups is 4. The van der Waals surface area contributed by atoms with Crippen LogP contribution >= 0.6 is 0 Å². The minimum Gasteiger partial charge on any atom is -0.504 e. The van der Waals surface area contributed by atoms with Crippen LogP contribution in [0.25, 0.3) is 0 Å². The highest BCUT2D eigenvalue weighted by Crippen LogP contribution is 2.53. The summed E-state index contributed by atoms with van der Waals surface area (Å²) in [5.41, 5.74) is 9.09. The summed E-state index contributed by atoms with van der Waals surface area (Å²) in [6.45, 7) is 2.74. The number of dihydropyridines is 1. The first kappa shape index (κ1) is 38.3. The smallest absolute Gasteiger partial charge is 0.161 e. The molecule has 0 amide bonds. The van der Waals surface area contributed by atoms with E-state index in [1.807, 2.05) is 36.6 Å². The first-order valence-electron chi connectivity index (χ1n) is 20.3. The van der Waals surface area contributed by atoms with E-state index in [-0.39, 0.29) is 34.7 Å². The predicted molar refractivity (Wildman–Crippen MR) is 210 cm³/mol. The number of phenolic OH excluding ortho intramolecular Hbond substituents is 1. The molecule has 54 heavy (non-hydrogen) atoms. The molecule has 2 heterocycles. The number of aromatic nitrogens is 1. The molecule has 0 radical (unpaired) electrons. The Bertz CT molecular complexity index is 1760. The Morgan fingerprint density at radius 1 is 0.944 bits per heavy atom. The van der Waals surface area contributed by atoms with Crippen LogP contribution in [-0.2, 0) is 5.41 Å². The summed E-state index contributed by atoms with van der Waals surface area (Å²) < 4.78 is 6.75. The first-order chi connectivity index (χ1) is 26.2. The Hall–Kier alpha value is -3.94. The van der Waals surface area contributed by atoms with E-state index in [1.54, 1.807) is 18.2 Å². The van der Waals surface area contributed by atoms with Gasteiger partial charge in [-0.15, -0.1) is 0 Å². The molecule has 9 nitrogen and oxygen atoms in total. The number of H-pyrrole nitrogens is 1. The van der Waals surface area contributed by atoms with E-state index in [0.717, 1.165) is 74.6 Å². The quantitative estimate of drug-likeness (QED) is 0.124. The van der Waals surface area contributed by atoms with Gasteiger partial charge in [-0.05, 0) is 80.0 Å². The van der Waals surface area contributed by atoms with Crippen molar-refractivity contribution < 1.29 is 30.3 Å². The van der Waals surface area contributed by atoms with Gasteiger partial charge in [0.15, 0.2) is 11.5 Å². The van der Waals surface area contributed by atoms with Crippen LogP contribution in [0.15, 0.2) is 84.4 Å². The van der Waals surface area contributed by atoms with Crippen molar-refractivity contribution in [1.82, 2.24) is 10.3 Å². The van der Waals surface area contributed by atoms with Gasteiger partial charge in [-0.3, -0.25) is 0 Å². The molecule has 290 valence electrons. The number of nitrogens with two attached hydrogens (primary N) is 1. The molecule has 4 aliphatic carbocycles. The monoisotopic (exact) mass is 737 g/mol. The third-order valence-electron chi connectivity index (χ3n) is 13.1. The zero-order valence-electron chi connectivity index (χ0n) is 31.5. The van der Waals surface area contributed by atoms with Gasteiger partial charge >= 0.3 is 0 Å². The van der Waals surface area contributed by atoms with Gasteiger partial charge in [-0.1, -0.05) is 87.3 Å². The molecule has 1 fully saturated rings. The molecule has 5 aliphatic rings. The number of hydrogen-bond acceptors (Lipinski definition) is 8. The Morgan fingerprint density at radius 3 is 2.52 bits per heavy atom. The van der Waals surface area contributed by atoms with Crippen molar-refractivity contribution in [1.29, 1.82) is 0 Å². The molecule has 11 atom stereocenters. The number of aromatic hydroxyl groups is 1. The van der Waals surface area contributed by atoms with Crippen LogP contribution in [0.5, 0.6) is 11.5 Å². The van der Waals surface area contributed by atoms with Crippen molar-refractivity contribution in [3.63, 3.8) is 0 Å². The van der Waals surface area contributed by atoms with Gasteiger partial charge in [-0.25, -0.2) is 0 Å². The van der Waals surface area contributed by atoms with Crippen LogP contribution in [-0.4, -0.2) is 67.6 Å². The molecule has 1 aliphatic heterocycles. The number of rotatable bonds is 8. The summed E-state index contributed by atoms with van der Waals surface area (Å²) in [6, 6.07) is 9.42.